The van der Waals surface area contributed by atoms with Crippen molar-refractivity contribution in [1.82, 2.24) is 0 Å². The first-order valence-electron chi connectivity index (χ1n) is 6.74. The van der Waals surface area contributed by atoms with Crippen LogP contribution < -0.4 is 0 Å². The molecule has 0 aromatic heterocycles. The van der Waals surface area contributed by atoms with E-state index in [1.165, 1.54) is 0 Å². The summed E-state index contributed by atoms with van der Waals surface area (Å²) in [5.41, 5.74) is 0. The number of hydrogen-bond acceptors (Lipinski definition) is 2. The van der Waals surface area contributed by atoms with Gasteiger partial charge in [0.05, 0.1) is 5.75 Å². The first kappa shape index (κ1) is 17.4. The van der Waals surface area contributed by atoms with Crippen molar-refractivity contribution in [1.29, 1.82) is 0 Å². The maximum Gasteiger partial charge on any atom is 0.265 e. The topological polar surface area (TPSA) is 54.4 Å². The molecule has 0 spiro atoms. The molecule has 0 radical (unpaired) electrons. The summed E-state index contributed by atoms with van der Waals surface area (Å²) >= 11 is 0. The molecule has 0 heterocycles. The first-order valence-corrected chi connectivity index (χ1v) is 8.35. The molecule has 0 fully saturated rings. The zero-order valence-corrected chi connectivity index (χ0v) is 12.3. The summed E-state index contributed by atoms with van der Waals surface area (Å²) in [5.74, 6) is -0.0737. The van der Waals surface area contributed by atoms with Crippen LogP contribution in [0.4, 0.5) is 0 Å². The lowest BCUT2D eigenvalue weighted by atomic mass is 9.99. The molecule has 0 unspecified atom stereocenters. The van der Waals surface area contributed by atoms with Crippen LogP contribution in [0.3, 0.4) is 0 Å². The van der Waals surface area contributed by atoms with E-state index in [9.17, 15) is 8.42 Å². The molecule has 106 valence electrons. The van der Waals surface area contributed by atoms with Crippen molar-refractivity contribution in [3.8, 4) is 0 Å². The van der Waals surface area contributed by atoms with Crippen molar-refractivity contribution in [2.24, 2.45) is 5.92 Å². The van der Waals surface area contributed by atoms with Crippen LogP contribution in [-0.4, -0.2) is 18.7 Å². The van der Waals surface area contributed by atoms with E-state index in [1.807, 2.05) is 0 Å². The Morgan fingerprint density at radius 1 is 0.944 bits per heavy atom. The van der Waals surface area contributed by atoms with Crippen LogP contribution in [0.5, 0.6) is 0 Å². The molecule has 0 aromatic carbocycles. The van der Waals surface area contributed by atoms with Crippen molar-refractivity contribution >= 4 is 10.1 Å². The SMILES string of the molecule is CCC=CCCC(CCC=CCC)CS(=O)(=O)O. The first-order chi connectivity index (χ1) is 8.49. The minimum atomic E-state index is -3.86. The highest BCUT2D eigenvalue weighted by Crippen LogP contribution is 2.17. The fraction of sp³-hybridized carbons (Fsp3) is 0.714. The van der Waals surface area contributed by atoms with Crippen LogP contribution in [0.25, 0.3) is 0 Å². The zero-order chi connectivity index (χ0) is 13.9. The van der Waals surface area contributed by atoms with Crippen LogP contribution in [0.1, 0.15) is 52.4 Å². The van der Waals surface area contributed by atoms with Gasteiger partial charge in [0.2, 0.25) is 0 Å². The predicted octanol–water partition coefficient (Wildman–Crippen LogP) is 3.98. The molecule has 0 aliphatic heterocycles. The summed E-state index contributed by atoms with van der Waals surface area (Å²) in [6.07, 6.45) is 13.7. The molecule has 1 N–H and O–H groups in total. The Morgan fingerprint density at radius 2 is 1.39 bits per heavy atom. The van der Waals surface area contributed by atoms with E-state index in [1.54, 1.807) is 0 Å². The summed E-state index contributed by atoms with van der Waals surface area (Å²) in [5, 5.41) is 0. The van der Waals surface area contributed by atoms with Crippen molar-refractivity contribution < 1.29 is 13.0 Å². The molecule has 0 rings (SSSR count). The van der Waals surface area contributed by atoms with Crippen molar-refractivity contribution in [2.75, 3.05) is 5.75 Å². The average molecular weight is 274 g/mol. The van der Waals surface area contributed by atoms with E-state index in [4.69, 9.17) is 4.55 Å². The fourth-order valence-electron chi connectivity index (χ4n) is 1.84. The second-order valence-corrected chi connectivity index (χ2v) is 6.03. The Bertz CT molecular complexity index is 324. The highest BCUT2D eigenvalue weighted by Gasteiger charge is 2.15. The largest absolute Gasteiger partial charge is 0.286 e. The Kier molecular flexibility index (Phi) is 9.98. The normalized spacial score (nSPS) is 14.6. The van der Waals surface area contributed by atoms with E-state index in [2.05, 4.69) is 38.2 Å². The molecule has 18 heavy (non-hydrogen) atoms. The summed E-state index contributed by atoms with van der Waals surface area (Å²) in [6, 6.07) is 0. The Labute approximate surface area is 112 Å². The van der Waals surface area contributed by atoms with Crippen LogP contribution in [-0.2, 0) is 10.1 Å². The van der Waals surface area contributed by atoms with Gasteiger partial charge < -0.3 is 0 Å². The van der Waals surface area contributed by atoms with Crippen molar-refractivity contribution in [3.63, 3.8) is 0 Å². The van der Waals surface area contributed by atoms with Gasteiger partial charge in [-0.2, -0.15) is 8.42 Å². The number of hydrogen-bond donors (Lipinski definition) is 1. The van der Waals surface area contributed by atoms with Gasteiger partial charge in [0.1, 0.15) is 0 Å². The third-order valence-corrected chi connectivity index (χ3v) is 3.63. The quantitative estimate of drug-likeness (QED) is 0.484. The van der Waals surface area contributed by atoms with Gasteiger partial charge in [-0.25, -0.2) is 0 Å². The molecule has 0 saturated carbocycles. The van der Waals surface area contributed by atoms with E-state index in [0.717, 1.165) is 38.5 Å². The number of allylic oxidation sites excluding steroid dienone is 4. The highest BCUT2D eigenvalue weighted by molar-refractivity contribution is 7.85. The van der Waals surface area contributed by atoms with Gasteiger partial charge in [-0.15, -0.1) is 0 Å². The Balaban J connectivity index is 4.16. The fourth-order valence-corrected chi connectivity index (χ4v) is 2.77. The van der Waals surface area contributed by atoms with Gasteiger partial charge in [0, 0.05) is 0 Å². The predicted molar refractivity (Wildman–Crippen MR) is 77.2 cm³/mol. The minimum absolute atomic E-state index is 0.0445. The third kappa shape index (κ3) is 11.9. The number of rotatable bonds is 10. The molecule has 0 aromatic rings. The molecule has 3 nitrogen and oxygen atoms in total. The van der Waals surface area contributed by atoms with Gasteiger partial charge in [0.15, 0.2) is 0 Å². The van der Waals surface area contributed by atoms with E-state index in [0.29, 0.717) is 0 Å². The Morgan fingerprint density at radius 3 is 1.72 bits per heavy atom. The molecule has 0 aliphatic rings. The zero-order valence-electron chi connectivity index (χ0n) is 11.5. The molecular formula is C14H26O3S. The summed E-state index contributed by atoms with van der Waals surface area (Å²) < 4.78 is 30.8. The van der Waals surface area contributed by atoms with E-state index in [-0.39, 0.29) is 11.7 Å². The molecular weight excluding hydrogens is 248 g/mol. The lowest BCUT2D eigenvalue weighted by Crippen LogP contribution is -2.15. The lowest BCUT2D eigenvalue weighted by molar-refractivity contribution is 0.443. The van der Waals surface area contributed by atoms with Gasteiger partial charge >= 0.3 is 0 Å². The van der Waals surface area contributed by atoms with E-state index >= 15 is 0 Å². The Hall–Kier alpha value is -0.610. The molecule has 0 saturated heterocycles. The summed E-state index contributed by atoms with van der Waals surface area (Å²) in [6.45, 7) is 4.14. The molecule has 4 heteroatoms. The smallest absolute Gasteiger partial charge is 0.265 e. The average Bonchev–Trinajstić information content (AvgIpc) is 2.28. The van der Waals surface area contributed by atoms with Crippen LogP contribution in [0.2, 0.25) is 0 Å². The maximum absolute atomic E-state index is 10.9. The molecule has 0 aliphatic carbocycles. The third-order valence-electron chi connectivity index (χ3n) is 2.73. The van der Waals surface area contributed by atoms with Gasteiger partial charge in [-0.05, 0) is 44.4 Å². The summed E-state index contributed by atoms with van der Waals surface area (Å²) in [7, 11) is -3.86. The van der Waals surface area contributed by atoms with Gasteiger partial charge in [0.25, 0.3) is 10.1 Å². The van der Waals surface area contributed by atoms with Crippen LogP contribution in [0, 0.1) is 5.92 Å². The molecule has 0 atom stereocenters. The van der Waals surface area contributed by atoms with Crippen molar-refractivity contribution in [2.45, 2.75) is 52.4 Å². The van der Waals surface area contributed by atoms with Crippen LogP contribution in [0.15, 0.2) is 24.3 Å². The molecule has 0 amide bonds. The second kappa shape index (κ2) is 10.3. The van der Waals surface area contributed by atoms with Gasteiger partial charge in [-0.1, -0.05) is 38.2 Å². The van der Waals surface area contributed by atoms with Gasteiger partial charge in [-0.3, -0.25) is 4.55 Å². The standard InChI is InChI=1S/C14H26O3S/c1-3-5-7-9-11-14(13-18(15,16)17)12-10-8-6-4-2/h5-8,14H,3-4,9-13H2,1-2H3,(H,15,16,17). The highest BCUT2D eigenvalue weighted by atomic mass is 32.2. The maximum atomic E-state index is 10.9. The van der Waals surface area contributed by atoms with Crippen LogP contribution >= 0.6 is 0 Å². The minimum Gasteiger partial charge on any atom is -0.286 e. The molecule has 0 bridgehead atoms. The lowest BCUT2D eigenvalue weighted by Gasteiger charge is -2.13. The summed E-state index contributed by atoms with van der Waals surface area (Å²) in [4.78, 5) is 0. The monoisotopic (exact) mass is 274 g/mol. The van der Waals surface area contributed by atoms with E-state index < -0.39 is 10.1 Å². The van der Waals surface area contributed by atoms with Crippen molar-refractivity contribution in [3.05, 3.63) is 24.3 Å². The second-order valence-electron chi connectivity index (χ2n) is 4.53.